The Bertz CT molecular complexity index is 970. The van der Waals surface area contributed by atoms with Gasteiger partial charge in [-0.1, -0.05) is 17.8 Å². The molecule has 124 valence electrons. The van der Waals surface area contributed by atoms with Crippen molar-refractivity contribution in [2.24, 2.45) is 7.05 Å². The van der Waals surface area contributed by atoms with Crippen molar-refractivity contribution >= 4 is 50.4 Å². The van der Waals surface area contributed by atoms with Gasteiger partial charge in [0.15, 0.2) is 10.9 Å². The Hall–Kier alpha value is -1.44. The molecule has 4 nitrogen and oxygen atoms in total. The highest BCUT2D eigenvalue weighted by molar-refractivity contribution is 7.99. The second-order valence-corrected chi connectivity index (χ2v) is 8.81. The largest absolute Gasteiger partial charge is 0.292 e. The van der Waals surface area contributed by atoms with Crippen molar-refractivity contribution < 1.29 is 4.79 Å². The van der Waals surface area contributed by atoms with Crippen molar-refractivity contribution in [3.8, 4) is 0 Å². The van der Waals surface area contributed by atoms with Crippen LogP contribution in [0, 0.1) is 0 Å². The van der Waals surface area contributed by atoms with E-state index >= 15 is 0 Å². The Kier molecular flexibility index (Phi) is 4.32. The quantitative estimate of drug-likeness (QED) is 0.394. The maximum Gasteiger partial charge on any atom is 0.262 e. The number of carbonyl (C=O) groups excluding carboxylic acids is 1. The van der Waals surface area contributed by atoms with E-state index in [2.05, 4.69) is 4.98 Å². The first-order valence-electron chi connectivity index (χ1n) is 7.86. The average molecular weight is 377 g/mol. The van der Waals surface area contributed by atoms with Crippen LogP contribution in [0.5, 0.6) is 0 Å². The summed E-state index contributed by atoms with van der Waals surface area (Å²) in [6.45, 7) is 0. The molecule has 0 fully saturated rings. The van der Waals surface area contributed by atoms with E-state index in [-0.39, 0.29) is 11.3 Å². The van der Waals surface area contributed by atoms with Crippen molar-refractivity contribution in [3.05, 3.63) is 43.2 Å². The number of carbonyl (C=O) groups is 1. The van der Waals surface area contributed by atoms with Crippen LogP contribution in [-0.2, 0) is 19.9 Å². The van der Waals surface area contributed by atoms with E-state index in [4.69, 9.17) is 0 Å². The van der Waals surface area contributed by atoms with E-state index in [1.165, 1.54) is 40.0 Å². The third-order valence-corrected chi connectivity index (χ3v) is 7.41. The molecule has 0 saturated heterocycles. The normalized spacial score (nSPS) is 14.0. The number of thiophene rings is 2. The molecule has 0 saturated carbocycles. The number of aromatic nitrogens is 2. The molecule has 3 heterocycles. The molecule has 0 radical (unpaired) electrons. The minimum atomic E-state index is 0.0190. The number of hydrogen-bond donors (Lipinski definition) is 0. The van der Waals surface area contributed by atoms with Crippen LogP contribution < -0.4 is 5.56 Å². The minimum Gasteiger partial charge on any atom is -0.292 e. The minimum absolute atomic E-state index is 0.0190. The highest BCUT2D eigenvalue weighted by Crippen LogP contribution is 2.34. The number of aryl methyl sites for hydroxylation is 2. The molecule has 3 aromatic rings. The first-order valence-corrected chi connectivity index (χ1v) is 10.5. The standard InChI is InChI=1S/C17H16N2O2S3/c1-19-16(21)14-10-5-2-3-6-12(10)24-15(14)18-17(19)23-9-11(20)13-7-4-8-22-13/h4,7-8H,2-3,5-6,9H2,1H3. The van der Waals surface area contributed by atoms with Gasteiger partial charge < -0.3 is 0 Å². The second-order valence-electron chi connectivity index (χ2n) is 5.84. The zero-order valence-electron chi connectivity index (χ0n) is 13.2. The summed E-state index contributed by atoms with van der Waals surface area (Å²) in [5.41, 5.74) is 1.23. The number of rotatable bonds is 4. The summed E-state index contributed by atoms with van der Waals surface area (Å²) >= 11 is 4.44. The Balaban J connectivity index is 1.68. The fourth-order valence-corrected chi connectivity index (χ4v) is 5.95. The summed E-state index contributed by atoms with van der Waals surface area (Å²) in [7, 11) is 1.75. The summed E-state index contributed by atoms with van der Waals surface area (Å²) in [6, 6.07) is 3.70. The SMILES string of the molecule is Cn1c(SCC(=O)c2cccs2)nc2sc3c(c2c1=O)CCCC3. The lowest BCUT2D eigenvalue weighted by Gasteiger charge is -2.10. The molecule has 0 N–H and O–H groups in total. The molecule has 0 amide bonds. The zero-order valence-corrected chi connectivity index (χ0v) is 15.7. The molecular formula is C17H16N2O2S3. The summed E-state index contributed by atoms with van der Waals surface area (Å²) in [6.07, 6.45) is 4.37. The van der Waals surface area contributed by atoms with E-state index in [1.54, 1.807) is 23.0 Å². The predicted octanol–water partition coefficient (Wildman–Crippen LogP) is 3.91. The van der Waals surface area contributed by atoms with Crippen LogP contribution in [0.25, 0.3) is 10.2 Å². The average Bonchev–Trinajstić information content (AvgIpc) is 3.23. The fourth-order valence-electron chi connectivity index (χ4n) is 3.03. The van der Waals surface area contributed by atoms with Crippen LogP contribution in [0.2, 0.25) is 0 Å². The van der Waals surface area contributed by atoms with Crippen molar-refractivity contribution in [2.75, 3.05) is 5.75 Å². The molecule has 0 unspecified atom stereocenters. The monoisotopic (exact) mass is 376 g/mol. The van der Waals surface area contributed by atoms with Crippen molar-refractivity contribution in [1.82, 2.24) is 9.55 Å². The zero-order chi connectivity index (χ0) is 16.7. The van der Waals surface area contributed by atoms with Gasteiger partial charge in [-0.05, 0) is 42.7 Å². The van der Waals surface area contributed by atoms with Crippen LogP contribution in [0.4, 0.5) is 0 Å². The number of Topliss-reactive ketones (excluding diaryl/α,β-unsaturated/α-hetero) is 1. The van der Waals surface area contributed by atoms with Gasteiger partial charge in [0.1, 0.15) is 4.83 Å². The first kappa shape index (κ1) is 16.1. The topological polar surface area (TPSA) is 52.0 Å². The van der Waals surface area contributed by atoms with E-state index < -0.39 is 0 Å². The highest BCUT2D eigenvalue weighted by atomic mass is 32.2. The molecular weight excluding hydrogens is 360 g/mol. The molecule has 1 aliphatic carbocycles. The number of nitrogens with zero attached hydrogens (tertiary/aromatic N) is 2. The van der Waals surface area contributed by atoms with E-state index in [1.807, 2.05) is 17.5 Å². The predicted molar refractivity (Wildman–Crippen MR) is 101 cm³/mol. The molecule has 0 spiro atoms. The molecule has 3 aromatic heterocycles. The number of fused-ring (bicyclic) bond motifs is 3. The third-order valence-electron chi connectivity index (χ3n) is 4.28. The molecule has 1 aliphatic rings. The second kappa shape index (κ2) is 6.46. The lowest BCUT2D eigenvalue weighted by molar-refractivity contribution is 0.102. The highest BCUT2D eigenvalue weighted by Gasteiger charge is 2.21. The fraction of sp³-hybridized carbons (Fsp3) is 0.353. The van der Waals surface area contributed by atoms with Gasteiger partial charge in [-0.25, -0.2) is 4.98 Å². The summed E-state index contributed by atoms with van der Waals surface area (Å²) in [4.78, 5) is 32.6. The van der Waals surface area contributed by atoms with E-state index in [0.29, 0.717) is 10.9 Å². The molecule has 0 bridgehead atoms. The molecule has 0 atom stereocenters. The van der Waals surface area contributed by atoms with Gasteiger partial charge in [-0.15, -0.1) is 22.7 Å². The van der Waals surface area contributed by atoms with Crippen LogP contribution >= 0.6 is 34.4 Å². The van der Waals surface area contributed by atoms with E-state index in [0.717, 1.165) is 34.4 Å². The van der Waals surface area contributed by atoms with Gasteiger partial charge in [0.05, 0.1) is 16.0 Å². The van der Waals surface area contributed by atoms with Gasteiger partial charge in [-0.2, -0.15) is 0 Å². The number of ketones is 1. The van der Waals surface area contributed by atoms with Gasteiger partial charge in [-0.3, -0.25) is 14.2 Å². The van der Waals surface area contributed by atoms with Crippen LogP contribution in [0.3, 0.4) is 0 Å². The Labute approximate surface area is 151 Å². The van der Waals surface area contributed by atoms with Crippen molar-refractivity contribution in [1.29, 1.82) is 0 Å². The van der Waals surface area contributed by atoms with Crippen molar-refractivity contribution in [2.45, 2.75) is 30.8 Å². The smallest absolute Gasteiger partial charge is 0.262 e. The van der Waals surface area contributed by atoms with Gasteiger partial charge in [0.2, 0.25) is 0 Å². The Morgan fingerprint density at radius 3 is 3.00 bits per heavy atom. The van der Waals surface area contributed by atoms with Crippen molar-refractivity contribution in [3.63, 3.8) is 0 Å². The van der Waals surface area contributed by atoms with E-state index in [9.17, 15) is 9.59 Å². The van der Waals surface area contributed by atoms with Gasteiger partial charge >= 0.3 is 0 Å². The van der Waals surface area contributed by atoms with Crippen LogP contribution in [0.1, 0.15) is 33.0 Å². The maximum atomic E-state index is 12.8. The van der Waals surface area contributed by atoms with Crippen LogP contribution in [0.15, 0.2) is 27.5 Å². The summed E-state index contributed by atoms with van der Waals surface area (Å²) < 4.78 is 1.59. The van der Waals surface area contributed by atoms with Crippen LogP contribution in [-0.4, -0.2) is 21.1 Å². The Morgan fingerprint density at radius 2 is 2.21 bits per heavy atom. The molecule has 0 aromatic carbocycles. The van der Waals surface area contributed by atoms with Gasteiger partial charge in [0.25, 0.3) is 5.56 Å². The lowest BCUT2D eigenvalue weighted by Crippen LogP contribution is -2.21. The molecule has 24 heavy (non-hydrogen) atoms. The van der Waals surface area contributed by atoms with Gasteiger partial charge in [0, 0.05) is 11.9 Å². The summed E-state index contributed by atoms with van der Waals surface area (Å²) in [5, 5.41) is 3.32. The first-order chi connectivity index (χ1) is 11.6. The third kappa shape index (κ3) is 2.74. The lowest BCUT2D eigenvalue weighted by atomic mass is 9.97. The maximum absolute atomic E-state index is 12.8. The molecule has 4 rings (SSSR count). The number of hydrogen-bond acceptors (Lipinski definition) is 6. The number of thioether (sulfide) groups is 1. The molecule has 0 aliphatic heterocycles. The summed E-state index contributed by atoms with van der Waals surface area (Å²) in [5.74, 6) is 0.382. The molecule has 7 heteroatoms. The Morgan fingerprint density at radius 1 is 1.38 bits per heavy atom.